The van der Waals surface area contributed by atoms with Crippen LogP contribution in [-0.2, 0) is 9.53 Å². The van der Waals surface area contributed by atoms with Gasteiger partial charge in [-0.1, -0.05) is 36.4 Å². The van der Waals surface area contributed by atoms with E-state index in [0.717, 1.165) is 10.6 Å². The number of ether oxygens (including phenoxy) is 2. The predicted octanol–water partition coefficient (Wildman–Crippen LogP) is 4.61. The van der Waals surface area contributed by atoms with Gasteiger partial charge in [0, 0.05) is 5.56 Å². The summed E-state index contributed by atoms with van der Waals surface area (Å²) in [5, 5.41) is 3.59. The van der Waals surface area contributed by atoms with Crippen LogP contribution in [0.3, 0.4) is 0 Å². The molecule has 0 spiro atoms. The number of thiazole rings is 1. The number of hydrogen-bond donors (Lipinski definition) is 1. The number of aryl methyl sites for hydroxylation is 3. The van der Waals surface area contributed by atoms with Crippen molar-refractivity contribution in [1.82, 2.24) is 4.98 Å². The second-order valence-corrected chi connectivity index (χ2v) is 7.74. The number of benzene rings is 2. The second kappa shape index (κ2) is 8.87. The number of amides is 1. The number of esters is 1. The Morgan fingerprint density at radius 1 is 1.07 bits per heavy atom. The minimum Gasteiger partial charge on any atom is -0.495 e. The van der Waals surface area contributed by atoms with Crippen molar-refractivity contribution in [1.29, 1.82) is 0 Å². The standard InChI is InChI=1S/C22H22N2O4S/c1-13-10-11-18(27-4)17(12-13)24-21(25)19(16-8-6-5-7-9-16)28-22(26)20-14(2)23-15(3)29-20/h5-12,19H,1-4H3,(H,24,25)/t19-/m0/s1. The molecule has 29 heavy (non-hydrogen) atoms. The van der Waals surface area contributed by atoms with Gasteiger partial charge in [0.1, 0.15) is 10.6 Å². The van der Waals surface area contributed by atoms with E-state index >= 15 is 0 Å². The highest BCUT2D eigenvalue weighted by atomic mass is 32.1. The first-order valence-corrected chi connectivity index (χ1v) is 9.86. The van der Waals surface area contributed by atoms with Crippen LogP contribution in [0.1, 0.15) is 37.6 Å². The van der Waals surface area contributed by atoms with Crippen LogP contribution >= 0.6 is 11.3 Å². The Morgan fingerprint density at radius 2 is 1.79 bits per heavy atom. The van der Waals surface area contributed by atoms with Crippen molar-refractivity contribution in [3.8, 4) is 5.75 Å². The smallest absolute Gasteiger partial charge is 0.351 e. The summed E-state index contributed by atoms with van der Waals surface area (Å²) in [5.74, 6) is -0.517. The summed E-state index contributed by atoms with van der Waals surface area (Å²) in [6.07, 6.45) is -1.12. The van der Waals surface area contributed by atoms with Crippen molar-refractivity contribution in [2.45, 2.75) is 26.9 Å². The van der Waals surface area contributed by atoms with Crippen LogP contribution in [-0.4, -0.2) is 24.0 Å². The number of carbonyl (C=O) groups is 2. The van der Waals surface area contributed by atoms with E-state index in [4.69, 9.17) is 9.47 Å². The van der Waals surface area contributed by atoms with E-state index in [0.29, 0.717) is 27.6 Å². The Bertz CT molecular complexity index is 1030. The molecule has 1 N–H and O–H groups in total. The van der Waals surface area contributed by atoms with Crippen molar-refractivity contribution in [3.63, 3.8) is 0 Å². The Balaban J connectivity index is 1.90. The molecule has 1 heterocycles. The molecule has 1 atom stereocenters. The first-order chi connectivity index (χ1) is 13.9. The number of aromatic nitrogens is 1. The Kier molecular flexibility index (Phi) is 6.29. The van der Waals surface area contributed by atoms with Crippen LogP contribution in [0.2, 0.25) is 0 Å². The zero-order chi connectivity index (χ0) is 21.0. The summed E-state index contributed by atoms with van der Waals surface area (Å²) < 4.78 is 11.0. The van der Waals surface area contributed by atoms with Gasteiger partial charge in [0.2, 0.25) is 6.10 Å². The number of hydrogen-bond acceptors (Lipinski definition) is 6. The van der Waals surface area contributed by atoms with Crippen LogP contribution in [0.5, 0.6) is 5.75 Å². The number of nitrogens with one attached hydrogen (secondary N) is 1. The number of carbonyl (C=O) groups excluding carboxylic acids is 2. The molecule has 6 nitrogen and oxygen atoms in total. The minimum atomic E-state index is -1.12. The molecule has 0 fully saturated rings. The molecule has 1 aromatic heterocycles. The second-order valence-electron chi connectivity index (χ2n) is 6.54. The molecule has 0 aliphatic carbocycles. The number of rotatable bonds is 6. The molecule has 150 valence electrons. The molecule has 0 saturated carbocycles. The molecule has 3 aromatic rings. The first kappa shape index (κ1) is 20.5. The normalized spacial score (nSPS) is 11.6. The number of anilines is 1. The van der Waals surface area contributed by atoms with Crippen molar-refractivity contribution >= 4 is 28.9 Å². The van der Waals surface area contributed by atoms with Crippen LogP contribution < -0.4 is 10.1 Å². The lowest BCUT2D eigenvalue weighted by Gasteiger charge is -2.19. The van der Waals surface area contributed by atoms with Gasteiger partial charge in [0.15, 0.2) is 0 Å². The molecule has 0 aliphatic heterocycles. The van der Waals surface area contributed by atoms with Gasteiger partial charge in [-0.25, -0.2) is 9.78 Å². The summed E-state index contributed by atoms with van der Waals surface area (Å²) in [6.45, 7) is 5.48. The van der Waals surface area contributed by atoms with Crippen LogP contribution in [0.4, 0.5) is 5.69 Å². The minimum absolute atomic E-state index is 0.393. The molecular formula is C22H22N2O4S. The lowest BCUT2D eigenvalue weighted by molar-refractivity contribution is -0.125. The van der Waals surface area contributed by atoms with E-state index < -0.39 is 18.0 Å². The molecule has 2 aromatic carbocycles. The van der Waals surface area contributed by atoms with Crippen molar-refractivity contribution in [2.75, 3.05) is 12.4 Å². The molecule has 7 heteroatoms. The number of nitrogens with zero attached hydrogens (tertiary/aromatic N) is 1. The van der Waals surface area contributed by atoms with Gasteiger partial charge in [-0.05, 0) is 38.5 Å². The summed E-state index contributed by atoms with van der Waals surface area (Å²) in [5.41, 5.74) is 2.64. The van der Waals surface area contributed by atoms with Gasteiger partial charge in [0.25, 0.3) is 5.91 Å². The molecule has 0 aliphatic rings. The van der Waals surface area contributed by atoms with Crippen LogP contribution in [0.25, 0.3) is 0 Å². The average Bonchev–Trinajstić information content (AvgIpc) is 3.05. The van der Waals surface area contributed by atoms with Crippen molar-refractivity contribution in [2.24, 2.45) is 0 Å². The highest BCUT2D eigenvalue weighted by molar-refractivity contribution is 7.13. The van der Waals surface area contributed by atoms with Gasteiger partial charge in [-0.15, -0.1) is 11.3 Å². The monoisotopic (exact) mass is 410 g/mol. The van der Waals surface area contributed by atoms with Gasteiger partial charge in [-0.3, -0.25) is 4.79 Å². The summed E-state index contributed by atoms with van der Waals surface area (Å²) in [4.78, 5) is 30.5. The Labute approximate surface area is 173 Å². The predicted molar refractivity (Wildman–Crippen MR) is 113 cm³/mol. The summed E-state index contributed by atoms with van der Waals surface area (Å²) in [6, 6.07) is 14.4. The highest BCUT2D eigenvalue weighted by Gasteiger charge is 2.28. The third kappa shape index (κ3) is 4.81. The SMILES string of the molecule is COc1ccc(C)cc1NC(=O)[C@@H](OC(=O)c1sc(C)nc1C)c1ccccc1. The van der Waals surface area contributed by atoms with Crippen LogP contribution in [0.15, 0.2) is 48.5 Å². The quantitative estimate of drug-likeness (QED) is 0.600. The fourth-order valence-electron chi connectivity index (χ4n) is 2.90. The fourth-order valence-corrected chi connectivity index (χ4v) is 3.70. The zero-order valence-electron chi connectivity index (χ0n) is 16.7. The fraction of sp³-hybridized carbons (Fsp3) is 0.227. The van der Waals surface area contributed by atoms with Crippen molar-refractivity contribution < 1.29 is 19.1 Å². The van der Waals surface area contributed by atoms with E-state index in [-0.39, 0.29) is 0 Å². The van der Waals surface area contributed by atoms with Crippen molar-refractivity contribution in [3.05, 3.63) is 75.2 Å². The zero-order valence-corrected chi connectivity index (χ0v) is 17.5. The maximum Gasteiger partial charge on any atom is 0.351 e. The highest BCUT2D eigenvalue weighted by Crippen LogP contribution is 2.29. The molecule has 1 amide bonds. The van der Waals surface area contributed by atoms with Crippen LogP contribution in [0, 0.1) is 20.8 Å². The van der Waals surface area contributed by atoms with E-state index in [1.54, 1.807) is 43.3 Å². The van der Waals surface area contributed by atoms with Gasteiger partial charge in [0.05, 0.1) is 23.5 Å². The topological polar surface area (TPSA) is 77.5 Å². The third-order valence-electron chi connectivity index (χ3n) is 4.27. The lowest BCUT2D eigenvalue weighted by atomic mass is 10.1. The largest absolute Gasteiger partial charge is 0.495 e. The van der Waals surface area contributed by atoms with E-state index in [9.17, 15) is 9.59 Å². The number of methoxy groups -OCH3 is 1. The summed E-state index contributed by atoms with van der Waals surface area (Å²) >= 11 is 1.25. The Morgan fingerprint density at radius 3 is 2.41 bits per heavy atom. The maximum absolute atomic E-state index is 13.1. The molecule has 3 rings (SSSR count). The molecule has 0 saturated heterocycles. The molecule has 0 bridgehead atoms. The van der Waals surface area contributed by atoms with Gasteiger partial charge >= 0.3 is 5.97 Å². The van der Waals surface area contributed by atoms with E-state index in [1.165, 1.54) is 18.4 Å². The van der Waals surface area contributed by atoms with E-state index in [2.05, 4.69) is 10.3 Å². The molecule has 0 unspecified atom stereocenters. The average molecular weight is 410 g/mol. The first-order valence-electron chi connectivity index (χ1n) is 9.04. The molecule has 0 radical (unpaired) electrons. The van der Waals surface area contributed by atoms with Gasteiger partial charge < -0.3 is 14.8 Å². The Hall–Kier alpha value is -3.19. The van der Waals surface area contributed by atoms with E-state index in [1.807, 2.05) is 26.0 Å². The lowest BCUT2D eigenvalue weighted by Crippen LogP contribution is -2.26. The maximum atomic E-state index is 13.1. The third-order valence-corrected chi connectivity index (χ3v) is 5.32. The summed E-state index contributed by atoms with van der Waals surface area (Å²) in [7, 11) is 1.53. The van der Waals surface area contributed by atoms with Gasteiger partial charge in [-0.2, -0.15) is 0 Å². The molecular weight excluding hydrogens is 388 g/mol.